The van der Waals surface area contributed by atoms with Crippen LogP contribution >= 0.6 is 11.3 Å². The first-order chi connectivity index (χ1) is 22.8. The summed E-state index contributed by atoms with van der Waals surface area (Å²) >= 11 is 1.87. The topological polar surface area (TPSA) is 6.48 Å². The van der Waals surface area contributed by atoms with E-state index in [9.17, 15) is 0 Å². The van der Waals surface area contributed by atoms with Gasteiger partial charge in [0.05, 0.1) is 0 Å². The van der Waals surface area contributed by atoms with Crippen molar-refractivity contribution in [2.75, 3.05) is 9.71 Å². The molecule has 4 heteroatoms. The minimum Gasteiger partial charge on any atom is -0.376 e. The Balaban J connectivity index is 1.20. The fraction of sp³-hybridized carbons (Fsp3) is 0. The lowest BCUT2D eigenvalue weighted by Gasteiger charge is -2.49. The Morgan fingerprint density at radius 1 is 0.413 bits per heavy atom. The van der Waals surface area contributed by atoms with Crippen molar-refractivity contribution < 1.29 is 0 Å². The van der Waals surface area contributed by atoms with E-state index in [-0.39, 0.29) is 6.85 Å². The Labute approximate surface area is 271 Å². The first kappa shape index (κ1) is 24.7. The molecule has 0 N–H and O–H groups in total. The van der Waals surface area contributed by atoms with Gasteiger partial charge in [-0.2, -0.15) is 0 Å². The van der Waals surface area contributed by atoms with Gasteiger partial charge in [0.25, 0.3) is 0 Å². The minimum atomic E-state index is 0.0964. The van der Waals surface area contributed by atoms with Crippen LogP contribution in [0.3, 0.4) is 0 Å². The molecule has 0 saturated carbocycles. The number of rotatable bonds is 2. The Morgan fingerprint density at radius 3 is 1.87 bits per heavy atom. The molecule has 11 rings (SSSR count). The number of fused-ring (bicyclic) bond motifs is 9. The van der Waals surface area contributed by atoms with Crippen LogP contribution in [0.1, 0.15) is 0 Å². The van der Waals surface area contributed by atoms with E-state index in [2.05, 4.69) is 161 Å². The molecule has 0 aliphatic carbocycles. The van der Waals surface area contributed by atoms with Gasteiger partial charge in [-0.15, -0.1) is 11.3 Å². The highest BCUT2D eigenvalue weighted by Crippen LogP contribution is 2.52. The van der Waals surface area contributed by atoms with E-state index in [1.807, 2.05) is 11.3 Å². The zero-order valence-electron chi connectivity index (χ0n) is 24.8. The maximum atomic E-state index is 2.62. The first-order valence-corrected chi connectivity index (χ1v) is 16.7. The standard InChI is InChI=1S/C42H25BN2S/c1-2-10-28(11-3-1)44-37-17-8-14-31-29-12-4-6-16-35(29)45-36-22-20-26(24-33(36)32-15-9-18-38(44)42(32)43(45)41(31)37)27-21-23-40-34(25-27)30-13-5-7-19-39(30)46-40/h1-25H. The van der Waals surface area contributed by atoms with Gasteiger partial charge < -0.3 is 9.71 Å². The van der Waals surface area contributed by atoms with Crippen molar-refractivity contribution in [3.05, 3.63) is 152 Å². The number of anilines is 5. The second kappa shape index (κ2) is 9.00. The molecule has 4 heterocycles. The van der Waals surface area contributed by atoms with Crippen LogP contribution in [0.2, 0.25) is 0 Å². The number of hydrogen-bond acceptors (Lipinski definition) is 3. The molecule has 0 amide bonds. The molecule has 8 aromatic rings. The fourth-order valence-corrected chi connectivity index (χ4v) is 9.38. The number of benzene rings is 7. The zero-order chi connectivity index (χ0) is 29.9. The summed E-state index contributed by atoms with van der Waals surface area (Å²) < 4.78 is 2.68. The van der Waals surface area contributed by atoms with Crippen LogP contribution in [0.25, 0.3) is 53.6 Å². The predicted molar refractivity (Wildman–Crippen MR) is 197 cm³/mol. The summed E-state index contributed by atoms with van der Waals surface area (Å²) in [7, 11) is 0. The summed E-state index contributed by atoms with van der Waals surface area (Å²) in [6.45, 7) is 0.0964. The molecule has 0 unspecified atom stereocenters. The van der Waals surface area contributed by atoms with E-state index >= 15 is 0 Å². The Bertz CT molecular complexity index is 2570. The number of thiophene rings is 1. The minimum absolute atomic E-state index is 0.0964. The molecule has 0 atom stereocenters. The largest absolute Gasteiger partial charge is 0.376 e. The summed E-state index contributed by atoms with van der Waals surface area (Å²) in [5, 5.41) is 2.67. The molecular weight excluding hydrogens is 575 g/mol. The van der Waals surface area contributed by atoms with Gasteiger partial charge in [0.1, 0.15) is 0 Å². The highest BCUT2D eigenvalue weighted by molar-refractivity contribution is 7.25. The average molecular weight is 601 g/mol. The summed E-state index contributed by atoms with van der Waals surface area (Å²) in [5.41, 5.74) is 16.7. The van der Waals surface area contributed by atoms with Crippen LogP contribution in [-0.4, -0.2) is 6.85 Å². The molecule has 7 aromatic carbocycles. The van der Waals surface area contributed by atoms with E-state index < -0.39 is 0 Å². The average Bonchev–Trinajstić information content (AvgIpc) is 3.50. The van der Waals surface area contributed by atoms with Crippen molar-refractivity contribution in [2.24, 2.45) is 0 Å². The lowest BCUT2D eigenvalue weighted by Crippen LogP contribution is -2.63. The highest BCUT2D eigenvalue weighted by Gasteiger charge is 2.48. The van der Waals surface area contributed by atoms with Crippen LogP contribution in [0.4, 0.5) is 28.4 Å². The monoisotopic (exact) mass is 600 g/mol. The van der Waals surface area contributed by atoms with Gasteiger partial charge in [0, 0.05) is 59.7 Å². The summed E-state index contributed by atoms with van der Waals surface area (Å²) in [6.07, 6.45) is 0. The van der Waals surface area contributed by atoms with E-state index in [1.54, 1.807) is 0 Å². The zero-order valence-corrected chi connectivity index (χ0v) is 25.6. The normalized spacial score (nSPS) is 13.5. The van der Waals surface area contributed by atoms with Gasteiger partial charge in [0.2, 0.25) is 0 Å². The lowest BCUT2D eigenvalue weighted by molar-refractivity contribution is 1.26. The Hall–Kier alpha value is -5.58. The third-order valence-electron chi connectivity index (χ3n) is 10.2. The van der Waals surface area contributed by atoms with Crippen LogP contribution in [-0.2, 0) is 0 Å². The SMILES string of the molecule is c1ccc(N2c3cccc4c3B3c5c(cccc52)-c2cc(-c5ccc6sc7ccccc7c6c5)ccc2N3c2ccccc2-4)cc1. The first-order valence-electron chi connectivity index (χ1n) is 15.9. The molecule has 46 heavy (non-hydrogen) atoms. The second-order valence-corrected chi connectivity index (χ2v) is 13.6. The second-order valence-electron chi connectivity index (χ2n) is 12.5. The maximum absolute atomic E-state index is 2.62. The van der Waals surface area contributed by atoms with Crippen LogP contribution in [0.15, 0.2) is 152 Å². The van der Waals surface area contributed by atoms with Crippen LogP contribution in [0, 0.1) is 0 Å². The maximum Gasteiger partial charge on any atom is 0.333 e. The van der Waals surface area contributed by atoms with Crippen molar-refractivity contribution in [2.45, 2.75) is 0 Å². The molecule has 0 fully saturated rings. The van der Waals surface area contributed by atoms with Crippen molar-refractivity contribution in [3.8, 4) is 33.4 Å². The van der Waals surface area contributed by atoms with Crippen LogP contribution < -0.4 is 20.6 Å². The van der Waals surface area contributed by atoms with E-state index in [0.29, 0.717) is 0 Å². The van der Waals surface area contributed by atoms with Crippen molar-refractivity contribution in [3.63, 3.8) is 0 Å². The van der Waals surface area contributed by atoms with E-state index in [1.165, 1.54) is 92.9 Å². The fourth-order valence-electron chi connectivity index (χ4n) is 8.29. The molecule has 0 saturated heterocycles. The van der Waals surface area contributed by atoms with E-state index in [4.69, 9.17) is 0 Å². The number of para-hydroxylation sites is 2. The van der Waals surface area contributed by atoms with Gasteiger partial charge in [-0.3, -0.25) is 0 Å². The lowest BCUT2D eigenvalue weighted by atomic mass is 9.41. The van der Waals surface area contributed by atoms with E-state index in [0.717, 1.165) is 0 Å². The smallest absolute Gasteiger partial charge is 0.333 e. The number of nitrogens with zero attached hydrogens (tertiary/aromatic N) is 2. The van der Waals surface area contributed by atoms with Gasteiger partial charge in [-0.05, 0) is 93.8 Å². The molecule has 1 aromatic heterocycles. The molecule has 0 bridgehead atoms. The van der Waals surface area contributed by atoms with Gasteiger partial charge >= 0.3 is 6.85 Å². The predicted octanol–water partition coefficient (Wildman–Crippen LogP) is 10.4. The van der Waals surface area contributed by atoms with Gasteiger partial charge in [-0.25, -0.2) is 0 Å². The molecular formula is C42H25BN2S. The van der Waals surface area contributed by atoms with Crippen LogP contribution in [0.5, 0.6) is 0 Å². The molecule has 3 aliphatic heterocycles. The van der Waals surface area contributed by atoms with Gasteiger partial charge in [0.15, 0.2) is 0 Å². The highest BCUT2D eigenvalue weighted by atomic mass is 32.1. The summed E-state index contributed by atoms with van der Waals surface area (Å²) in [6, 6.07) is 56.4. The van der Waals surface area contributed by atoms with Crippen molar-refractivity contribution >= 4 is 77.7 Å². The third-order valence-corrected chi connectivity index (χ3v) is 11.3. The molecule has 3 aliphatic rings. The Kier molecular flexibility index (Phi) is 4.83. The van der Waals surface area contributed by atoms with Gasteiger partial charge in [-0.1, -0.05) is 91.0 Å². The quantitative estimate of drug-likeness (QED) is 0.182. The molecule has 2 nitrogen and oxygen atoms in total. The molecule has 212 valence electrons. The number of hydrogen-bond donors (Lipinski definition) is 0. The summed E-state index contributed by atoms with van der Waals surface area (Å²) in [4.78, 5) is 5.09. The summed E-state index contributed by atoms with van der Waals surface area (Å²) in [5.74, 6) is 0. The Morgan fingerprint density at radius 2 is 1.02 bits per heavy atom. The van der Waals surface area contributed by atoms with Crippen molar-refractivity contribution in [1.82, 2.24) is 0 Å². The van der Waals surface area contributed by atoms with Crippen molar-refractivity contribution in [1.29, 1.82) is 0 Å². The molecule has 0 radical (unpaired) electrons. The molecule has 0 spiro atoms. The third kappa shape index (κ3) is 3.16.